The number of phenolic OH excluding ortho intramolecular Hbond substituents is 1. The van der Waals surface area contributed by atoms with Gasteiger partial charge in [-0.1, -0.05) is 57.6 Å². The zero-order chi connectivity index (χ0) is 29.3. The van der Waals surface area contributed by atoms with Crippen molar-refractivity contribution >= 4 is 50.6 Å². The first kappa shape index (κ1) is 28.0. The minimum atomic E-state index is -0.821. The summed E-state index contributed by atoms with van der Waals surface area (Å²) in [7, 11) is 0. The molecule has 1 aromatic heterocycles. The molecule has 4 aromatic rings. The third kappa shape index (κ3) is 5.56. The van der Waals surface area contributed by atoms with Crippen molar-refractivity contribution in [1.82, 2.24) is 4.57 Å². The molecule has 0 fully saturated rings. The number of para-hydroxylation sites is 1. The van der Waals surface area contributed by atoms with Crippen LogP contribution in [0.1, 0.15) is 31.0 Å². The monoisotopic (exact) mass is 634 g/mol. The Kier molecular flexibility index (Phi) is 7.86. The summed E-state index contributed by atoms with van der Waals surface area (Å²) in [6, 6.07) is 18.0. The number of fused-ring (bicyclic) bond motifs is 1. The number of phenols is 1. The smallest absolute Gasteiger partial charge is 0.312 e. The van der Waals surface area contributed by atoms with Gasteiger partial charge in [0.1, 0.15) is 5.75 Å². The van der Waals surface area contributed by atoms with Gasteiger partial charge in [0, 0.05) is 21.8 Å². The molecule has 0 saturated heterocycles. The molecule has 1 amide bonds. The van der Waals surface area contributed by atoms with E-state index in [4.69, 9.17) is 4.74 Å². The Balaban J connectivity index is 1.69. The summed E-state index contributed by atoms with van der Waals surface area (Å²) in [6.45, 7) is 4.07. The predicted octanol–water partition coefficient (Wildman–Crippen LogP) is 4.65. The van der Waals surface area contributed by atoms with Crippen LogP contribution in [-0.2, 0) is 4.79 Å². The largest absolute Gasteiger partial charge is 0.502 e. The zero-order valence-corrected chi connectivity index (χ0v) is 24.2. The molecule has 0 unspecified atom stereocenters. The Hall–Kier alpha value is -4.55. The Labute approximate surface area is 245 Å². The van der Waals surface area contributed by atoms with Crippen LogP contribution < -0.4 is 24.9 Å². The van der Waals surface area contributed by atoms with Gasteiger partial charge in [0.15, 0.2) is 4.80 Å². The number of carbonyl (C=O) groups is 1. The highest BCUT2D eigenvalue weighted by Gasteiger charge is 2.32. The average Bonchev–Trinajstić information content (AvgIpc) is 3.24. The van der Waals surface area contributed by atoms with Gasteiger partial charge >= 0.3 is 5.69 Å². The zero-order valence-electron chi connectivity index (χ0n) is 21.8. The second kappa shape index (κ2) is 11.5. The molecule has 10 nitrogen and oxygen atoms in total. The number of carbonyl (C=O) groups excluding carboxylic acids is 1. The number of nitrogens with zero attached hydrogens (tertiary/aromatic N) is 3. The molecule has 0 bridgehead atoms. The van der Waals surface area contributed by atoms with Gasteiger partial charge in [-0.25, -0.2) is 4.99 Å². The van der Waals surface area contributed by atoms with Crippen molar-refractivity contribution in [1.29, 1.82) is 0 Å². The number of thiazole rings is 1. The van der Waals surface area contributed by atoms with Crippen LogP contribution in [0.5, 0.6) is 11.5 Å². The van der Waals surface area contributed by atoms with E-state index in [0.717, 1.165) is 11.3 Å². The van der Waals surface area contributed by atoms with Crippen LogP contribution in [-0.4, -0.2) is 27.1 Å². The Morgan fingerprint density at radius 2 is 1.93 bits per heavy atom. The molecular formula is C29H23BrN4O6S. The first-order valence-corrected chi connectivity index (χ1v) is 14.1. The average molecular weight is 635 g/mol. The van der Waals surface area contributed by atoms with Crippen molar-refractivity contribution in [2.24, 2.45) is 4.99 Å². The molecule has 3 aromatic carbocycles. The van der Waals surface area contributed by atoms with E-state index in [2.05, 4.69) is 26.2 Å². The van der Waals surface area contributed by atoms with Gasteiger partial charge in [-0.2, -0.15) is 0 Å². The van der Waals surface area contributed by atoms with Gasteiger partial charge in [-0.3, -0.25) is 24.3 Å². The Morgan fingerprint density at radius 1 is 1.22 bits per heavy atom. The third-order valence-corrected chi connectivity index (χ3v) is 7.81. The molecule has 0 spiro atoms. The molecule has 208 valence electrons. The van der Waals surface area contributed by atoms with E-state index < -0.39 is 33.9 Å². The van der Waals surface area contributed by atoms with Gasteiger partial charge in [-0.05, 0) is 55.8 Å². The number of ether oxygens (including phenoxy) is 1. The number of hydrogen-bond acceptors (Lipinski definition) is 8. The van der Waals surface area contributed by atoms with E-state index in [-0.39, 0.29) is 15.7 Å². The second-order valence-electron chi connectivity index (χ2n) is 9.02. The van der Waals surface area contributed by atoms with Crippen LogP contribution in [0.15, 0.2) is 92.3 Å². The maximum Gasteiger partial charge on any atom is 0.312 e. The molecule has 1 aliphatic heterocycles. The molecule has 41 heavy (non-hydrogen) atoms. The molecule has 0 radical (unpaired) electrons. The van der Waals surface area contributed by atoms with E-state index in [1.54, 1.807) is 55.5 Å². The fourth-order valence-electron chi connectivity index (χ4n) is 4.56. The molecule has 0 saturated carbocycles. The lowest BCUT2D eigenvalue weighted by Gasteiger charge is -2.25. The highest BCUT2D eigenvalue weighted by Crippen LogP contribution is 2.34. The molecule has 2 N–H and O–H groups in total. The van der Waals surface area contributed by atoms with Crippen LogP contribution in [0.25, 0.3) is 6.08 Å². The topological polar surface area (TPSA) is 136 Å². The van der Waals surface area contributed by atoms with Crippen LogP contribution >= 0.6 is 27.3 Å². The van der Waals surface area contributed by atoms with Gasteiger partial charge in [0.05, 0.1) is 33.4 Å². The number of nitrogens with one attached hydrogen (secondary N) is 1. The number of aromatic nitrogens is 1. The van der Waals surface area contributed by atoms with Gasteiger partial charge in [-0.15, -0.1) is 0 Å². The van der Waals surface area contributed by atoms with Gasteiger partial charge in [0.2, 0.25) is 5.75 Å². The fourth-order valence-corrected chi connectivity index (χ4v) is 6.06. The number of benzene rings is 3. The molecule has 0 aliphatic carbocycles. The lowest BCUT2D eigenvalue weighted by atomic mass is 9.95. The van der Waals surface area contributed by atoms with E-state index in [1.165, 1.54) is 22.8 Å². The van der Waals surface area contributed by atoms with E-state index in [0.29, 0.717) is 38.6 Å². The number of aromatic hydroxyl groups is 1. The van der Waals surface area contributed by atoms with Gasteiger partial charge < -0.3 is 15.2 Å². The number of nitro benzene ring substituents is 1. The molecule has 2 heterocycles. The molecule has 1 aliphatic rings. The summed E-state index contributed by atoms with van der Waals surface area (Å²) in [5.41, 5.74) is 1.10. The summed E-state index contributed by atoms with van der Waals surface area (Å²) >= 11 is 4.28. The SMILES string of the molecule is CCOc1ccc([C@@H]2C(C(=O)Nc3ccccc3)=C(C)N=c3s/c(=C\c4cc(Br)cc([N+](=O)[O-])c4O)c(=O)n32)cc1. The third-order valence-electron chi connectivity index (χ3n) is 6.37. The Bertz CT molecular complexity index is 1880. The summed E-state index contributed by atoms with van der Waals surface area (Å²) in [5.74, 6) is -0.330. The van der Waals surface area contributed by atoms with Crippen molar-refractivity contribution in [3.63, 3.8) is 0 Å². The van der Waals surface area contributed by atoms with Crippen molar-refractivity contribution in [3.05, 3.63) is 123 Å². The first-order chi connectivity index (χ1) is 19.7. The molecule has 5 rings (SSSR count). The molecular weight excluding hydrogens is 612 g/mol. The molecule has 12 heteroatoms. The quantitative estimate of drug-likeness (QED) is 0.224. The van der Waals surface area contributed by atoms with E-state index in [9.17, 15) is 24.8 Å². The van der Waals surface area contributed by atoms with Crippen molar-refractivity contribution in [2.75, 3.05) is 11.9 Å². The standard InChI is InChI=1S/C29H23BrN4O6S/c1-3-40-21-11-9-17(10-12-21)25-24(27(36)32-20-7-5-4-6-8-20)16(2)31-29-33(25)28(37)23(41-29)14-18-13-19(30)15-22(26(18)35)34(38)39/h4-15,25,35H,3H2,1-2H3,(H,32,36)/b23-14-/t25-/m1/s1. The normalized spacial score (nSPS) is 14.8. The highest BCUT2D eigenvalue weighted by molar-refractivity contribution is 9.10. The summed E-state index contributed by atoms with van der Waals surface area (Å²) in [4.78, 5) is 43.2. The highest BCUT2D eigenvalue weighted by atomic mass is 79.9. The summed E-state index contributed by atoms with van der Waals surface area (Å²) in [5, 5.41) is 24.9. The number of amides is 1. The summed E-state index contributed by atoms with van der Waals surface area (Å²) < 4.78 is 7.56. The maximum atomic E-state index is 13.9. The number of nitro groups is 1. The first-order valence-electron chi connectivity index (χ1n) is 12.5. The maximum absolute atomic E-state index is 13.9. The van der Waals surface area contributed by atoms with E-state index >= 15 is 0 Å². The van der Waals surface area contributed by atoms with Crippen molar-refractivity contribution in [3.8, 4) is 11.5 Å². The number of hydrogen-bond donors (Lipinski definition) is 2. The lowest BCUT2D eigenvalue weighted by Crippen LogP contribution is -2.40. The van der Waals surface area contributed by atoms with Crippen molar-refractivity contribution in [2.45, 2.75) is 19.9 Å². The van der Waals surface area contributed by atoms with Gasteiger partial charge in [0.25, 0.3) is 11.5 Å². The second-order valence-corrected chi connectivity index (χ2v) is 10.9. The van der Waals surface area contributed by atoms with Crippen LogP contribution in [0.4, 0.5) is 11.4 Å². The number of halogens is 1. The van der Waals surface area contributed by atoms with Crippen LogP contribution in [0, 0.1) is 10.1 Å². The number of rotatable bonds is 7. The number of anilines is 1. The fraction of sp³-hybridized carbons (Fsp3) is 0.138. The molecule has 1 atom stereocenters. The van der Waals surface area contributed by atoms with Crippen LogP contribution in [0.3, 0.4) is 0 Å². The predicted molar refractivity (Wildman–Crippen MR) is 159 cm³/mol. The minimum absolute atomic E-state index is 0.0896. The van der Waals surface area contributed by atoms with Crippen molar-refractivity contribution < 1.29 is 19.6 Å². The van der Waals surface area contributed by atoms with E-state index in [1.807, 2.05) is 13.0 Å². The van der Waals surface area contributed by atoms with Crippen LogP contribution in [0.2, 0.25) is 0 Å². The Morgan fingerprint density at radius 3 is 2.59 bits per heavy atom. The summed E-state index contributed by atoms with van der Waals surface area (Å²) in [6.07, 6.45) is 1.38. The minimum Gasteiger partial charge on any atom is -0.502 e. The lowest BCUT2D eigenvalue weighted by molar-refractivity contribution is -0.385. The number of allylic oxidation sites excluding steroid dienone is 1.